The van der Waals surface area contributed by atoms with Crippen LogP contribution >= 0.6 is 22.6 Å². The monoisotopic (exact) mass is 335 g/mol. The predicted molar refractivity (Wildman–Crippen MR) is 72.8 cm³/mol. The number of hydrogen-bond donors (Lipinski definition) is 1. The first-order chi connectivity index (χ1) is 7.83. The molecule has 4 heteroatoms. The molecule has 0 atom stereocenters. The summed E-state index contributed by atoms with van der Waals surface area (Å²) < 4.78 is 6.36. The Morgan fingerprint density at radius 3 is 2.94 bits per heavy atom. The lowest BCUT2D eigenvalue weighted by Crippen LogP contribution is -2.24. The van der Waals surface area contributed by atoms with Gasteiger partial charge in [-0.25, -0.2) is 0 Å². The van der Waals surface area contributed by atoms with Crippen molar-refractivity contribution in [1.82, 2.24) is 5.32 Å². The third kappa shape index (κ3) is 6.15. The summed E-state index contributed by atoms with van der Waals surface area (Å²) in [5, 5.41) is 2.92. The van der Waals surface area contributed by atoms with Gasteiger partial charge in [0.2, 0.25) is 5.91 Å². The summed E-state index contributed by atoms with van der Waals surface area (Å²) in [4.78, 5) is 11.4. The second kappa shape index (κ2) is 8.61. The number of furan rings is 1. The van der Waals surface area contributed by atoms with E-state index in [-0.39, 0.29) is 5.91 Å². The van der Waals surface area contributed by atoms with Gasteiger partial charge < -0.3 is 9.73 Å². The third-order valence-corrected chi connectivity index (χ3v) is 3.07. The minimum Gasteiger partial charge on any atom is -0.469 e. The molecule has 0 fully saturated rings. The van der Waals surface area contributed by atoms with Gasteiger partial charge in [-0.1, -0.05) is 29.0 Å². The molecular weight excluding hydrogens is 317 g/mol. The third-order valence-electron chi connectivity index (χ3n) is 2.31. The zero-order chi connectivity index (χ0) is 11.6. The van der Waals surface area contributed by atoms with E-state index in [9.17, 15) is 4.79 Å². The van der Waals surface area contributed by atoms with Crippen LogP contribution in [0.5, 0.6) is 0 Å². The second-order valence-corrected chi connectivity index (χ2v) is 4.76. The van der Waals surface area contributed by atoms with E-state index in [1.807, 2.05) is 12.1 Å². The minimum atomic E-state index is 0.117. The fourth-order valence-electron chi connectivity index (χ4n) is 1.40. The smallest absolute Gasteiger partial charge is 0.220 e. The number of carbonyl (C=O) groups is 1. The number of rotatable bonds is 8. The molecular formula is C12H18INO2. The Morgan fingerprint density at radius 1 is 1.38 bits per heavy atom. The molecule has 0 bridgehead atoms. The van der Waals surface area contributed by atoms with E-state index in [0.29, 0.717) is 12.8 Å². The molecule has 1 amide bonds. The van der Waals surface area contributed by atoms with Gasteiger partial charge in [0.15, 0.2) is 0 Å². The first-order valence-corrected chi connectivity index (χ1v) is 7.20. The molecule has 0 unspecified atom stereocenters. The second-order valence-electron chi connectivity index (χ2n) is 3.68. The first-order valence-electron chi connectivity index (χ1n) is 5.68. The van der Waals surface area contributed by atoms with Crippen LogP contribution in [0.4, 0.5) is 0 Å². The summed E-state index contributed by atoms with van der Waals surface area (Å²) >= 11 is 2.37. The fraction of sp³-hybridized carbons (Fsp3) is 0.583. The Balaban J connectivity index is 1.99. The Kier molecular flexibility index (Phi) is 7.29. The summed E-state index contributed by atoms with van der Waals surface area (Å²) in [6.07, 6.45) is 6.35. The number of carbonyl (C=O) groups excluding carboxylic acids is 1. The van der Waals surface area contributed by atoms with E-state index in [2.05, 4.69) is 27.9 Å². The number of halogens is 1. The van der Waals surface area contributed by atoms with Crippen LogP contribution in [-0.4, -0.2) is 16.9 Å². The van der Waals surface area contributed by atoms with Crippen molar-refractivity contribution >= 4 is 28.5 Å². The quantitative estimate of drug-likeness (QED) is 0.451. The highest BCUT2D eigenvalue weighted by molar-refractivity contribution is 14.1. The van der Waals surface area contributed by atoms with E-state index in [1.165, 1.54) is 17.3 Å². The molecule has 0 aliphatic heterocycles. The van der Waals surface area contributed by atoms with Gasteiger partial charge in [0, 0.05) is 19.4 Å². The molecule has 0 aliphatic carbocycles. The van der Waals surface area contributed by atoms with Crippen LogP contribution in [0.2, 0.25) is 0 Å². The van der Waals surface area contributed by atoms with Crippen LogP contribution < -0.4 is 5.32 Å². The Morgan fingerprint density at radius 2 is 2.25 bits per heavy atom. The number of hydrogen-bond acceptors (Lipinski definition) is 2. The van der Waals surface area contributed by atoms with Crippen LogP contribution in [0, 0.1) is 0 Å². The van der Waals surface area contributed by atoms with E-state index in [1.54, 1.807) is 6.26 Å². The highest BCUT2D eigenvalue weighted by Crippen LogP contribution is 2.03. The van der Waals surface area contributed by atoms with E-state index < -0.39 is 0 Å². The van der Waals surface area contributed by atoms with E-state index >= 15 is 0 Å². The van der Waals surface area contributed by atoms with Crippen molar-refractivity contribution in [3.63, 3.8) is 0 Å². The van der Waals surface area contributed by atoms with Gasteiger partial charge in [-0.05, 0) is 29.4 Å². The summed E-state index contributed by atoms with van der Waals surface area (Å²) in [5.74, 6) is 0.992. The molecule has 0 radical (unpaired) electrons. The molecule has 0 spiro atoms. The number of aryl methyl sites for hydroxylation is 1. The Bertz CT molecular complexity index is 285. The average molecular weight is 335 g/mol. The molecule has 1 aromatic heterocycles. The van der Waals surface area contributed by atoms with Crippen molar-refractivity contribution < 1.29 is 9.21 Å². The van der Waals surface area contributed by atoms with Crippen LogP contribution in [0.25, 0.3) is 0 Å². The molecule has 16 heavy (non-hydrogen) atoms. The standard InChI is InChI=1S/C12H18INO2/c13-8-2-1-3-9-14-12(15)7-6-11-5-4-10-16-11/h4-5,10H,1-3,6-9H2,(H,14,15). The summed E-state index contributed by atoms with van der Waals surface area (Å²) in [6.45, 7) is 0.799. The highest BCUT2D eigenvalue weighted by Gasteiger charge is 2.02. The predicted octanol–water partition coefficient (Wildman–Crippen LogP) is 2.93. The first kappa shape index (κ1) is 13.5. The maximum atomic E-state index is 11.4. The van der Waals surface area contributed by atoms with Gasteiger partial charge in [0.05, 0.1) is 6.26 Å². The Labute approximate surface area is 110 Å². The molecule has 1 N–H and O–H groups in total. The number of nitrogens with one attached hydrogen (secondary N) is 1. The fourth-order valence-corrected chi connectivity index (χ4v) is 1.94. The van der Waals surface area contributed by atoms with Crippen molar-refractivity contribution in [2.24, 2.45) is 0 Å². The van der Waals surface area contributed by atoms with Gasteiger partial charge in [0.25, 0.3) is 0 Å². The molecule has 1 rings (SSSR count). The largest absolute Gasteiger partial charge is 0.469 e. The van der Waals surface area contributed by atoms with Crippen molar-refractivity contribution in [2.45, 2.75) is 32.1 Å². The lowest BCUT2D eigenvalue weighted by molar-refractivity contribution is -0.121. The highest BCUT2D eigenvalue weighted by atomic mass is 127. The van der Waals surface area contributed by atoms with Gasteiger partial charge in [-0.3, -0.25) is 4.79 Å². The normalized spacial score (nSPS) is 10.3. The average Bonchev–Trinajstić information content (AvgIpc) is 2.79. The molecule has 1 heterocycles. The van der Waals surface area contributed by atoms with Gasteiger partial charge in [0.1, 0.15) is 5.76 Å². The zero-order valence-electron chi connectivity index (χ0n) is 9.38. The lowest BCUT2D eigenvalue weighted by atomic mass is 10.2. The SMILES string of the molecule is O=C(CCc1ccco1)NCCCCCI. The van der Waals surface area contributed by atoms with Crippen LogP contribution in [0.1, 0.15) is 31.4 Å². The van der Waals surface area contributed by atoms with E-state index in [0.717, 1.165) is 18.7 Å². The van der Waals surface area contributed by atoms with Crippen molar-refractivity contribution in [2.75, 3.05) is 11.0 Å². The molecule has 0 aromatic carbocycles. The maximum absolute atomic E-state index is 11.4. The molecule has 3 nitrogen and oxygen atoms in total. The zero-order valence-corrected chi connectivity index (χ0v) is 11.5. The van der Waals surface area contributed by atoms with E-state index in [4.69, 9.17) is 4.42 Å². The molecule has 1 aromatic rings. The number of amides is 1. The van der Waals surface area contributed by atoms with Crippen molar-refractivity contribution in [3.8, 4) is 0 Å². The maximum Gasteiger partial charge on any atom is 0.220 e. The van der Waals surface area contributed by atoms with Gasteiger partial charge in [-0.15, -0.1) is 0 Å². The number of unbranched alkanes of at least 4 members (excludes halogenated alkanes) is 2. The topological polar surface area (TPSA) is 42.2 Å². The summed E-state index contributed by atoms with van der Waals surface area (Å²) in [6, 6.07) is 3.74. The van der Waals surface area contributed by atoms with Crippen LogP contribution in [0.15, 0.2) is 22.8 Å². The van der Waals surface area contributed by atoms with Crippen molar-refractivity contribution in [3.05, 3.63) is 24.2 Å². The molecule has 0 aliphatic rings. The van der Waals surface area contributed by atoms with Crippen LogP contribution in [0.3, 0.4) is 0 Å². The Hall–Kier alpha value is -0.520. The molecule has 0 saturated heterocycles. The van der Waals surface area contributed by atoms with Gasteiger partial charge in [-0.2, -0.15) is 0 Å². The van der Waals surface area contributed by atoms with Gasteiger partial charge >= 0.3 is 0 Å². The molecule has 0 saturated carbocycles. The van der Waals surface area contributed by atoms with Crippen molar-refractivity contribution in [1.29, 1.82) is 0 Å². The summed E-state index contributed by atoms with van der Waals surface area (Å²) in [5.41, 5.74) is 0. The number of alkyl halides is 1. The lowest BCUT2D eigenvalue weighted by Gasteiger charge is -2.03. The van der Waals surface area contributed by atoms with Crippen LogP contribution in [-0.2, 0) is 11.2 Å². The summed E-state index contributed by atoms with van der Waals surface area (Å²) in [7, 11) is 0. The molecule has 90 valence electrons. The minimum absolute atomic E-state index is 0.117.